The monoisotopic (exact) mass is 138 g/mol. The molecule has 1 N–H and O–H groups in total. The molecular weight excluding hydrogens is 131 g/mol. The van der Waals surface area contributed by atoms with Crippen molar-refractivity contribution >= 4 is 7.91 Å². The molecule has 0 aromatic heterocycles. The van der Waals surface area contributed by atoms with Crippen molar-refractivity contribution in [3.05, 3.63) is 0 Å². The van der Waals surface area contributed by atoms with Crippen LogP contribution < -0.4 is 0 Å². The summed E-state index contributed by atoms with van der Waals surface area (Å²) in [5, 5.41) is 8.42. The van der Waals surface area contributed by atoms with E-state index < -0.39 is 14.2 Å². The van der Waals surface area contributed by atoms with Crippen molar-refractivity contribution in [2.45, 2.75) is 19.6 Å². The number of aliphatic hydroxyl groups excluding tert-OH is 1. The highest BCUT2D eigenvalue weighted by Crippen LogP contribution is 2.09. The van der Waals surface area contributed by atoms with Gasteiger partial charge in [0, 0.05) is 0 Å². The van der Waals surface area contributed by atoms with Crippen molar-refractivity contribution in [3.63, 3.8) is 0 Å². The minimum Gasteiger partial charge on any atom is -0.367 e. The van der Waals surface area contributed by atoms with Crippen LogP contribution >= 0.6 is 7.91 Å². The Balaban J connectivity index is 3.39. The number of hydrogen-bond acceptors (Lipinski definition) is 4. The van der Waals surface area contributed by atoms with Gasteiger partial charge >= 0.3 is 7.91 Å². The van der Waals surface area contributed by atoms with Gasteiger partial charge in [0.25, 0.3) is 0 Å². The van der Waals surface area contributed by atoms with Crippen LogP contribution in [-0.2, 0) is 13.7 Å². The second-order valence-electron chi connectivity index (χ2n) is 1.19. The Hall–Kier alpha value is -0.180. The van der Waals surface area contributed by atoms with Crippen molar-refractivity contribution in [2.75, 3.05) is 0 Å². The Labute approximate surface area is 47.4 Å². The summed E-state index contributed by atoms with van der Waals surface area (Å²) < 4.78 is 23.2. The summed E-state index contributed by atoms with van der Waals surface area (Å²) in [6, 6.07) is 0. The van der Waals surface area contributed by atoms with Crippen molar-refractivity contribution in [2.24, 2.45) is 0 Å². The fraction of sp³-hybridized carbons (Fsp3) is 1.00. The van der Waals surface area contributed by atoms with Gasteiger partial charge < -0.3 is 5.11 Å². The molecule has 0 radical (unpaired) electrons. The van der Waals surface area contributed by atoms with E-state index in [1.807, 2.05) is 0 Å². The van der Waals surface area contributed by atoms with Gasteiger partial charge in [-0.1, -0.05) is 6.92 Å². The van der Waals surface area contributed by atoms with Crippen LogP contribution in [0.3, 0.4) is 0 Å². The second-order valence-corrected chi connectivity index (χ2v) is 1.85. The lowest BCUT2D eigenvalue weighted by Crippen LogP contribution is -2.02. The lowest BCUT2D eigenvalue weighted by molar-refractivity contribution is -0.0153. The van der Waals surface area contributed by atoms with Crippen LogP contribution in [0.25, 0.3) is 0 Å². The molecule has 0 spiro atoms. The summed E-state index contributed by atoms with van der Waals surface area (Å²) in [7, 11) is -2.90. The van der Waals surface area contributed by atoms with Gasteiger partial charge in [-0.05, 0) is 6.42 Å². The first-order valence-electron chi connectivity index (χ1n) is 2.16. The maximum absolute atomic E-state index is 9.62. The van der Waals surface area contributed by atoms with Gasteiger partial charge in [-0.3, -0.25) is 0 Å². The highest BCUT2D eigenvalue weighted by Gasteiger charge is 2.01. The summed E-state index contributed by atoms with van der Waals surface area (Å²) >= 11 is 0. The summed E-state index contributed by atoms with van der Waals surface area (Å²) in [4.78, 5) is 0. The van der Waals surface area contributed by atoms with Crippen LogP contribution in [-0.4, -0.2) is 11.4 Å². The Morgan fingerprint density at radius 2 is 2.25 bits per heavy atom. The van der Waals surface area contributed by atoms with Crippen molar-refractivity contribution in [1.29, 1.82) is 0 Å². The van der Waals surface area contributed by atoms with Crippen LogP contribution in [0.15, 0.2) is 0 Å². The fourth-order valence-electron chi connectivity index (χ4n) is 0.174. The van der Waals surface area contributed by atoms with Crippen molar-refractivity contribution in [3.8, 4) is 0 Å². The topological polar surface area (TPSA) is 63.6 Å². The average molecular weight is 138 g/mol. The van der Waals surface area contributed by atoms with Crippen molar-refractivity contribution < 1.29 is 18.8 Å². The van der Waals surface area contributed by atoms with Gasteiger partial charge in [-0.25, -0.2) is 13.7 Å². The number of hydrogen-bond donors (Lipinski definition) is 1. The molecule has 0 aliphatic rings. The van der Waals surface area contributed by atoms with Crippen molar-refractivity contribution in [1.82, 2.24) is 0 Å². The van der Waals surface area contributed by atoms with E-state index in [0.29, 0.717) is 0 Å². The Kier molecular flexibility index (Phi) is 3.69. The molecule has 0 saturated heterocycles. The lowest BCUT2D eigenvalue weighted by atomic mass is 10.5. The molecule has 1 atom stereocenters. The van der Waals surface area contributed by atoms with E-state index in [4.69, 9.17) is 5.11 Å². The van der Waals surface area contributed by atoms with E-state index in [9.17, 15) is 9.13 Å². The van der Waals surface area contributed by atoms with Gasteiger partial charge in [0.15, 0.2) is 6.29 Å². The first kappa shape index (κ1) is 7.82. The standard InChI is InChI=1S/C3H7O4P/c1-2-3(4)7-8(5)6/h3-4H,2H2,1H3. The molecule has 1 unspecified atom stereocenters. The molecule has 8 heavy (non-hydrogen) atoms. The zero-order valence-electron chi connectivity index (χ0n) is 4.40. The van der Waals surface area contributed by atoms with Gasteiger partial charge in [-0.2, -0.15) is 0 Å². The SMILES string of the molecule is CCC(O)OP(=O)=O. The van der Waals surface area contributed by atoms with Crippen LogP contribution in [0.2, 0.25) is 0 Å². The van der Waals surface area contributed by atoms with Crippen LogP contribution in [0.4, 0.5) is 0 Å². The predicted octanol–water partition coefficient (Wildman–Crippen LogP) is 0.819. The van der Waals surface area contributed by atoms with Gasteiger partial charge in [-0.15, -0.1) is 0 Å². The van der Waals surface area contributed by atoms with E-state index in [1.54, 1.807) is 6.92 Å². The molecule has 4 nitrogen and oxygen atoms in total. The first-order valence-corrected chi connectivity index (χ1v) is 3.25. The molecule has 0 rings (SSSR count). The molecule has 0 aromatic carbocycles. The second kappa shape index (κ2) is 3.78. The molecule has 5 heteroatoms. The van der Waals surface area contributed by atoms with E-state index >= 15 is 0 Å². The molecule has 0 bridgehead atoms. The summed E-state index contributed by atoms with van der Waals surface area (Å²) in [6.07, 6.45) is -0.889. The average Bonchev–Trinajstić information content (AvgIpc) is 1.65. The van der Waals surface area contributed by atoms with Crippen LogP contribution in [0.1, 0.15) is 13.3 Å². The third kappa shape index (κ3) is 3.99. The normalized spacial score (nSPS) is 13.2. The molecule has 0 fully saturated rings. The van der Waals surface area contributed by atoms with E-state index in [2.05, 4.69) is 4.52 Å². The van der Waals surface area contributed by atoms with Crippen LogP contribution in [0.5, 0.6) is 0 Å². The summed E-state index contributed by atoms with van der Waals surface area (Å²) in [5.41, 5.74) is 0. The smallest absolute Gasteiger partial charge is 0.367 e. The minimum absolute atomic E-state index is 0.281. The number of aliphatic hydroxyl groups is 1. The first-order chi connectivity index (χ1) is 3.66. The zero-order valence-corrected chi connectivity index (χ0v) is 5.30. The highest BCUT2D eigenvalue weighted by atomic mass is 31.1. The molecule has 48 valence electrons. The van der Waals surface area contributed by atoms with Crippen LogP contribution in [0, 0.1) is 0 Å². The summed E-state index contributed by atoms with van der Waals surface area (Å²) in [5.74, 6) is 0. The van der Waals surface area contributed by atoms with Gasteiger partial charge in [0.1, 0.15) is 0 Å². The maximum atomic E-state index is 9.62. The summed E-state index contributed by atoms with van der Waals surface area (Å²) in [6.45, 7) is 1.61. The lowest BCUT2D eigenvalue weighted by Gasteiger charge is -1.97. The van der Waals surface area contributed by atoms with Gasteiger partial charge in [0.05, 0.1) is 0 Å². The van der Waals surface area contributed by atoms with Gasteiger partial charge in [0.2, 0.25) is 0 Å². The molecule has 0 aliphatic heterocycles. The quantitative estimate of drug-likeness (QED) is 0.463. The highest BCUT2D eigenvalue weighted by molar-refractivity contribution is 7.24. The van der Waals surface area contributed by atoms with E-state index in [-0.39, 0.29) is 6.42 Å². The molecule has 0 heterocycles. The van der Waals surface area contributed by atoms with E-state index in [1.165, 1.54) is 0 Å². The Bertz CT molecular complexity index is 110. The maximum Gasteiger partial charge on any atom is 0.470 e. The molecule has 0 aromatic rings. The zero-order chi connectivity index (χ0) is 6.57. The molecule has 0 saturated carbocycles. The third-order valence-electron chi connectivity index (χ3n) is 0.557. The minimum atomic E-state index is -2.90. The Morgan fingerprint density at radius 3 is 2.38 bits per heavy atom. The fourth-order valence-corrected chi connectivity index (χ4v) is 0.522. The largest absolute Gasteiger partial charge is 0.470 e. The predicted molar refractivity (Wildman–Crippen MR) is 25.7 cm³/mol. The Morgan fingerprint density at radius 1 is 1.75 bits per heavy atom. The molecule has 0 amide bonds. The third-order valence-corrected chi connectivity index (χ3v) is 0.972. The number of rotatable bonds is 3. The molecular formula is C3H7O4P. The van der Waals surface area contributed by atoms with E-state index in [0.717, 1.165) is 0 Å². The molecule has 0 aliphatic carbocycles.